The van der Waals surface area contributed by atoms with E-state index in [0.717, 1.165) is 18.3 Å². The molecule has 0 unspecified atom stereocenters. The van der Waals surface area contributed by atoms with E-state index in [9.17, 15) is 31.2 Å². The molecule has 0 aliphatic carbocycles. The molecule has 2 aromatic carbocycles. The standard InChI is InChI=1S/C30H30F3N7O6S/c1-19-28-37-27(20-7-4-3-5-8-20)38-40(28)15-16-46-23-17-21(10-11-22(23)45-2)29(42)35-13-14-39(18-25(41)36-19)47(43,44)24-9-6-12-34-26(24)30(31,32)33/h3-12,17,19H,13-16,18H2,1-2H3,(H,35,42)(H,36,41)/t19-/m1/s1. The Balaban J connectivity index is 1.54. The number of benzene rings is 2. The van der Waals surface area contributed by atoms with Crippen LogP contribution >= 0.6 is 0 Å². The van der Waals surface area contributed by atoms with Gasteiger partial charge in [0.05, 0.1) is 26.2 Å². The monoisotopic (exact) mass is 673 g/mol. The first-order valence-electron chi connectivity index (χ1n) is 14.3. The lowest BCUT2D eigenvalue weighted by Crippen LogP contribution is -2.45. The molecule has 1 aliphatic rings. The van der Waals surface area contributed by atoms with E-state index in [0.29, 0.717) is 27.3 Å². The van der Waals surface area contributed by atoms with Crippen molar-refractivity contribution >= 4 is 21.8 Å². The highest BCUT2D eigenvalue weighted by atomic mass is 32.2. The minimum atomic E-state index is -5.10. The maximum absolute atomic E-state index is 13.8. The minimum absolute atomic E-state index is 0.0609. The van der Waals surface area contributed by atoms with Gasteiger partial charge in [-0.3, -0.25) is 14.6 Å². The van der Waals surface area contributed by atoms with Crippen molar-refractivity contribution in [2.45, 2.75) is 30.6 Å². The van der Waals surface area contributed by atoms with Crippen LogP contribution in [0.2, 0.25) is 0 Å². The second kappa shape index (κ2) is 13.8. The summed E-state index contributed by atoms with van der Waals surface area (Å²) in [6.45, 7) is 0.0539. The Morgan fingerprint density at radius 1 is 1.02 bits per heavy atom. The lowest BCUT2D eigenvalue weighted by atomic mass is 10.2. The number of aromatic nitrogens is 4. The fourth-order valence-electron chi connectivity index (χ4n) is 4.86. The van der Waals surface area contributed by atoms with Crippen LogP contribution < -0.4 is 20.1 Å². The Bertz CT molecular complexity index is 1870. The number of ether oxygens (including phenoxy) is 2. The fraction of sp³-hybridized carbons (Fsp3) is 0.300. The van der Waals surface area contributed by atoms with Crippen LogP contribution in [-0.4, -0.2) is 77.6 Å². The molecule has 13 nitrogen and oxygen atoms in total. The second-order valence-electron chi connectivity index (χ2n) is 10.3. The normalized spacial score (nSPS) is 17.1. The summed E-state index contributed by atoms with van der Waals surface area (Å²) in [7, 11) is -3.52. The maximum atomic E-state index is 13.8. The van der Waals surface area contributed by atoms with Crippen LogP contribution in [0.3, 0.4) is 0 Å². The molecule has 248 valence electrons. The first kappa shape index (κ1) is 33.3. The van der Waals surface area contributed by atoms with Gasteiger partial charge in [0.25, 0.3) is 5.91 Å². The predicted molar refractivity (Wildman–Crippen MR) is 161 cm³/mol. The van der Waals surface area contributed by atoms with Crippen molar-refractivity contribution in [3.05, 3.63) is 83.9 Å². The number of alkyl halides is 3. The highest BCUT2D eigenvalue weighted by Gasteiger charge is 2.41. The molecule has 5 rings (SSSR count). The van der Waals surface area contributed by atoms with Crippen molar-refractivity contribution in [1.82, 2.24) is 34.7 Å². The topological polar surface area (TPSA) is 158 Å². The molecule has 2 aromatic heterocycles. The van der Waals surface area contributed by atoms with Gasteiger partial charge in [-0.05, 0) is 37.3 Å². The van der Waals surface area contributed by atoms with Crippen LogP contribution in [0.15, 0.2) is 71.8 Å². The highest BCUT2D eigenvalue weighted by molar-refractivity contribution is 7.89. The SMILES string of the molecule is COc1ccc2cc1OCCn1nc(-c3ccccc3)nc1[C@@H](C)NC(=O)CN(S(=O)(=O)c1cccnc1C(F)(F)F)CCNC2=O. The molecule has 4 aromatic rings. The van der Waals surface area contributed by atoms with E-state index in [1.807, 2.05) is 18.2 Å². The summed E-state index contributed by atoms with van der Waals surface area (Å²) in [6, 6.07) is 14.5. The first-order chi connectivity index (χ1) is 22.4. The number of nitrogens with zero attached hydrogens (tertiary/aromatic N) is 5. The van der Waals surface area contributed by atoms with Crippen LogP contribution in [0.1, 0.15) is 34.8 Å². The summed E-state index contributed by atoms with van der Waals surface area (Å²) in [6.07, 6.45) is -4.28. The molecule has 2 bridgehead atoms. The molecule has 2 N–H and O–H groups in total. The average Bonchev–Trinajstić information content (AvgIpc) is 3.48. The van der Waals surface area contributed by atoms with Crippen molar-refractivity contribution < 1.29 is 40.7 Å². The molecule has 17 heteroatoms. The number of halogens is 3. The van der Waals surface area contributed by atoms with Crippen LogP contribution in [0, 0.1) is 0 Å². The molecule has 47 heavy (non-hydrogen) atoms. The lowest BCUT2D eigenvalue weighted by molar-refractivity contribution is -0.143. The van der Waals surface area contributed by atoms with Crippen molar-refractivity contribution in [1.29, 1.82) is 0 Å². The van der Waals surface area contributed by atoms with Crippen molar-refractivity contribution in [3.8, 4) is 22.9 Å². The quantitative estimate of drug-likeness (QED) is 0.332. The van der Waals surface area contributed by atoms with Crippen LogP contribution in [0.5, 0.6) is 11.5 Å². The third kappa shape index (κ3) is 7.52. The number of hydrogen-bond donors (Lipinski definition) is 2. The minimum Gasteiger partial charge on any atom is -0.493 e. The van der Waals surface area contributed by atoms with Crippen LogP contribution in [-0.2, 0) is 27.5 Å². The molecular formula is C30H30F3N7O6S. The van der Waals surface area contributed by atoms with Gasteiger partial charge in [-0.15, -0.1) is 0 Å². The number of amides is 2. The Labute approximate surface area is 267 Å². The molecule has 0 radical (unpaired) electrons. The summed E-state index contributed by atoms with van der Waals surface area (Å²) in [5, 5.41) is 9.80. The molecule has 3 heterocycles. The maximum Gasteiger partial charge on any atom is 0.434 e. The van der Waals surface area contributed by atoms with Gasteiger partial charge in [-0.2, -0.15) is 22.6 Å². The van der Waals surface area contributed by atoms with Gasteiger partial charge in [0.2, 0.25) is 15.9 Å². The van der Waals surface area contributed by atoms with E-state index < -0.39 is 57.7 Å². The number of fused-ring (bicyclic) bond motifs is 3. The number of pyridine rings is 1. The van der Waals surface area contributed by atoms with E-state index >= 15 is 0 Å². The number of carbonyl (C=O) groups excluding carboxylic acids is 2. The number of rotatable bonds is 4. The molecule has 1 aliphatic heterocycles. The number of nitrogens with one attached hydrogen (secondary N) is 2. The molecule has 0 fully saturated rings. The molecule has 0 spiro atoms. The Kier molecular flexibility index (Phi) is 9.76. The Morgan fingerprint density at radius 2 is 1.79 bits per heavy atom. The zero-order valence-electron chi connectivity index (χ0n) is 25.2. The van der Waals surface area contributed by atoms with E-state index in [1.54, 1.807) is 19.1 Å². The number of sulfonamides is 1. The largest absolute Gasteiger partial charge is 0.493 e. The van der Waals surface area contributed by atoms with Gasteiger partial charge in [0.1, 0.15) is 17.3 Å². The van der Waals surface area contributed by atoms with Crippen molar-refractivity contribution in [2.75, 3.05) is 33.4 Å². The van der Waals surface area contributed by atoms with Gasteiger partial charge in [-0.25, -0.2) is 18.1 Å². The smallest absolute Gasteiger partial charge is 0.434 e. The number of methoxy groups -OCH3 is 1. The zero-order valence-corrected chi connectivity index (χ0v) is 26.0. The highest BCUT2D eigenvalue weighted by Crippen LogP contribution is 2.33. The Hall–Kier alpha value is -5.03. The summed E-state index contributed by atoms with van der Waals surface area (Å²) in [4.78, 5) is 33.1. The summed E-state index contributed by atoms with van der Waals surface area (Å²) in [5.74, 6) is -0.205. The number of hydrogen-bond acceptors (Lipinski definition) is 9. The molecular weight excluding hydrogens is 643 g/mol. The summed E-state index contributed by atoms with van der Waals surface area (Å²) in [5.41, 5.74) is -0.789. The average molecular weight is 674 g/mol. The third-order valence-electron chi connectivity index (χ3n) is 7.11. The number of carbonyl (C=O) groups is 2. The lowest BCUT2D eigenvalue weighted by Gasteiger charge is -2.24. The summed E-state index contributed by atoms with van der Waals surface area (Å²) < 4.78 is 82.1. The van der Waals surface area contributed by atoms with Crippen molar-refractivity contribution in [2.24, 2.45) is 0 Å². The van der Waals surface area contributed by atoms with Crippen molar-refractivity contribution in [3.63, 3.8) is 0 Å². The third-order valence-corrected chi connectivity index (χ3v) is 8.98. The predicted octanol–water partition coefficient (Wildman–Crippen LogP) is 3.06. The van der Waals surface area contributed by atoms with E-state index in [4.69, 9.17) is 9.47 Å². The van der Waals surface area contributed by atoms with Crippen LogP contribution in [0.25, 0.3) is 11.4 Å². The van der Waals surface area contributed by atoms with Gasteiger partial charge in [0, 0.05) is 30.4 Å². The first-order valence-corrected chi connectivity index (χ1v) is 15.7. The summed E-state index contributed by atoms with van der Waals surface area (Å²) >= 11 is 0. The zero-order chi connectivity index (χ0) is 33.8. The fourth-order valence-corrected chi connectivity index (χ4v) is 6.42. The second-order valence-corrected chi connectivity index (χ2v) is 12.2. The molecule has 2 amide bonds. The van der Waals surface area contributed by atoms with Gasteiger partial charge >= 0.3 is 6.18 Å². The molecule has 0 saturated heterocycles. The van der Waals surface area contributed by atoms with E-state index in [2.05, 4.69) is 25.7 Å². The van der Waals surface area contributed by atoms with Crippen LogP contribution in [0.4, 0.5) is 13.2 Å². The van der Waals surface area contributed by atoms with Gasteiger partial charge < -0.3 is 20.1 Å². The van der Waals surface area contributed by atoms with E-state index in [-0.39, 0.29) is 31.0 Å². The van der Waals surface area contributed by atoms with E-state index in [1.165, 1.54) is 30.0 Å². The van der Waals surface area contributed by atoms with Gasteiger partial charge in [0.15, 0.2) is 23.0 Å². The Morgan fingerprint density at radius 3 is 2.51 bits per heavy atom. The molecule has 1 atom stereocenters. The van der Waals surface area contributed by atoms with Gasteiger partial charge in [-0.1, -0.05) is 30.3 Å². The molecule has 0 saturated carbocycles.